The zero-order valence-electron chi connectivity index (χ0n) is 13.0. The average molecular weight is 322 g/mol. The quantitative estimate of drug-likeness (QED) is 0.421. The van der Waals surface area contributed by atoms with Crippen LogP contribution < -0.4 is 5.32 Å². The lowest BCUT2D eigenvalue weighted by Gasteiger charge is -2.21. The van der Waals surface area contributed by atoms with Crippen LogP contribution in [-0.2, 0) is 9.53 Å². The van der Waals surface area contributed by atoms with E-state index in [0.29, 0.717) is 13.2 Å². The van der Waals surface area contributed by atoms with Crippen LogP contribution in [0.4, 0.5) is 4.79 Å². The maximum absolute atomic E-state index is 11.8. The van der Waals surface area contributed by atoms with Gasteiger partial charge in [-0.25, -0.2) is 4.79 Å². The highest BCUT2D eigenvalue weighted by Crippen LogP contribution is 2.27. The molecule has 0 aliphatic heterocycles. The molecule has 0 aromatic rings. The molecular formula is C13H27N2O5P. The zero-order chi connectivity index (χ0) is 16.3. The standard InChI is InChI=1S/C13H27N2O5P/c1-4-6-7-8-9-20-13(17)15(5-2)10-12(16)14-11(3)21(18)19/h11,18-19H,4-10H2,1-3H3,(H,14,16). The van der Waals surface area contributed by atoms with Gasteiger partial charge in [-0.05, 0) is 20.3 Å². The van der Waals surface area contributed by atoms with Gasteiger partial charge in [-0.3, -0.25) is 9.69 Å². The lowest BCUT2D eigenvalue weighted by Crippen LogP contribution is -2.43. The van der Waals surface area contributed by atoms with Gasteiger partial charge >= 0.3 is 6.09 Å². The van der Waals surface area contributed by atoms with E-state index in [0.717, 1.165) is 25.7 Å². The van der Waals surface area contributed by atoms with Crippen molar-refractivity contribution in [1.29, 1.82) is 0 Å². The molecule has 1 unspecified atom stereocenters. The first-order chi connectivity index (χ1) is 9.92. The molecular weight excluding hydrogens is 295 g/mol. The summed E-state index contributed by atoms with van der Waals surface area (Å²) in [6.07, 6.45) is 3.54. The highest BCUT2D eigenvalue weighted by molar-refractivity contribution is 7.45. The first-order valence-corrected chi connectivity index (χ1v) is 8.62. The molecule has 124 valence electrons. The molecule has 0 heterocycles. The number of unbranched alkanes of at least 4 members (excludes halogenated alkanes) is 3. The summed E-state index contributed by atoms with van der Waals surface area (Å²) in [6, 6.07) is 0. The number of nitrogens with zero attached hydrogens (tertiary/aromatic N) is 1. The maximum Gasteiger partial charge on any atom is 0.410 e. The van der Waals surface area contributed by atoms with Crippen molar-refractivity contribution in [2.24, 2.45) is 0 Å². The molecule has 1 atom stereocenters. The summed E-state index contributed by atoms with van der Waals surface area (Å²) in [5.41, 5.74) is 0. The Morgan fingerprint density at radius 2 is 1.90 bits per heavy atom. The average Bonchev–Trinajstić information content (AvgIpc) is 2.44. The van der Waals surface area contributed by atoms with Gasteiger partial charge in [0.2, 0.25) is 5.91 Å². The number of likely N-dealkylation sites (N-methyl/N-ethyl adjacent to an activating group) is 1. The molecule has 0 radical (unpaired) electrons. The van der Waals surface area contributed by atoms with Crippen LogP contribution in [0.3, 0.4) is 0 Å². The Hall–Kier alpha value is -0.910. The van der Waals surface area contributed by atoms with E-state index in [-0.39, 0.29) is 6.54 Å². The van der Waals surface area contributed by atoms with Gasteiger partial charge in [0.25, 0.3) is 0 Å². The monoisotopic (exact) mass is 322 g/mol. The zero-order valence-corrected chi connectivity index (χ0v) is 13.9. The van der Waals surface area contributed by atoms with Crippen LogP contribution >= 0.6 is 8.38 Å². The minimum atomic E-state index is -2.22. The minimum Gasteiger partial charge on any atom is -0.449 e. The molecule has 0 rings (SSSR count). The number of ether oxygens (including phenoxy) is 1. The van der Waals surface area contributed by atoms with Crippen molar-refractivity contribution in [3.8, 4) is 0 Å². The molecule has 0 saturated heterocycles. The van der Waals surface area contributed by atoms with Crippen LogP contribution in [0.25, 0.3) is 0 Å². The van der Waals surface area contributed by atoms with E-state index < -0.39 is 26.2 Å². The van der Waals surface area contributed by atoms with Crippen LogP contribution in [0.2, 0.25) is 0 Å². The molecule has 21 heavy (non-hydrogen) atoms. The number of hydrogen-bond donors (Lipinski definition) is 3. The normalized spacial score (nSPS) is 12.1. The molecule has 7 nitrogen and oxygen atoms in total. The van der Waals surface area contributed by atoms with E-state index in [2.05, 4.69) is 12.2 Å². The van der Waals surface area contributed by atoms with Crippen molar-refractivity contribution < 1.29 is 24.1 Å². The molecule has 0 aromatic carbocycles. The van der Waals surface area contributed by atoms with E-state index >= 15 is 0 Å². The van der Waals surface area contributed by atoms with Gasteiger partial charge in [0.05, 0.1) is 12.4 Å². The van der Waals surface area contributed by atoms with E-state index in [1.807, 2.05) is 0 Å². The summed E-state index contributed by atoms with van der Waals surface area (Å²) in [5.74, 6) is -1.17. The lowest BCUT2D eigenvalue weighted by atomic mass is 10.2. The second-order valence-corrected chi connectivity index (χ2v) is 6.17. The van der Waals surface area contributed by atoms with Crippen LogP contribution in [-0.4, -0.2) is 52.2 Å². The van der Waals surface area contributed by atoms with E-state index in [4.69, 9.17) is 14.5 Å². The molecule has 0 aliphatic rings. The van der Waals surface area contributed by atoms with Gasteiger partial charge < -0.3 is 19.8 Å². The van der Waals surface area contributed by atoms with Crippen LogP contribution in [0.5, 0.6) is 0 Å². The number of carbonyl (C=O) groups excluding carboxylic acids is 2. The molecule has 0 fully saturated rings. The van der Waals surface area contributed by atoms with Gasteiger partial charge in [-0.2, -0.15) is 0 Å². The summed E-state index contributed by atoms with van der Waals surface area (Å²) < 4.78 is 5.11. The third-order valence-corrected chi connectivity index (χ3v) is 3.74. The molecule has 3 N–H and O–H groups in total. The summed E-state index contributed by atoms with van der Waals surface area (Å²) in [5, 5.41) is 2.42. The summed E-state index contributed by atoms with van der Waals surface area (Å²) in [4.78, 5) is 42.7. The largest absolute Gasteiger partial charge is 0.449 e. The smallest absolute Gasteiger partial charge is 0.410 e. The van der Waals surface area contributed by atoms with Crippen LogP contribution in [0.1, 0.15) is 46.5 Å². The van der Waals surface area contributed by atoms with Gasteiger partial charge in [-0.1, -0.05) is 26.2 Å². The van der Waals surface area contributed by atoms with Gasteiger partial charge in [-0.15, -0.1) is 0 Å². The fourth-order valence-electron chi connectivity index (χ4n) is 1.59. The van der Waals surface area contributed by atoms with Gasteiger partial charge in [0, 0.05) is 6.54 Å². The Kier molecular flexibility index (Phi) is 11.2. The summed E-state index contributed by atoms with van der Waals surface area (Å²) >= 11 is 0. The number of hydrogen-bond acceptors (Lipinski definition) is 5. The highest BCUT2D eigenvalue weighted by Gasteiger charge is 2.20. The Bertz CT molecular complexity index is 315. The minimum absolute atomic E-state index is 0.155. The Morgan fingerprint density at radius 3 is 2.43 bits per heavy atom. The first-order valence-electron chi connectivity index (χ1n) is 7.30. The van der Waals surface area contributed by atoms with Crippen molar-refractivity contribution >= 4 is 20.4 Å². The molecule has 0 aliphatic carbocycles. The molecule has 8 heteroatoms. The highest BCUT2D eigenvalue weighted by atomic mass is 31.2. The van der Waals surface area contributed by atoms with Crippen LogP contribution in [0.15, 0.2) is 0 Å². The Balaban J connectivity index is 4.07. The summed E-state index contributed by atoms with van der Waals surface area (Å²) in [7, 11) is -2.22. The predicted octanol–water partition coefficient (Wildman–Crippen LogP) is 1.78. The van der Waals surface area contributed by atoms with E-state index in [9.17, 15) is 9.59 Å². The van der Waals surface area contributed by atoms with E-state index in [1.54, 1.807) is 6.92 Å². The number of nitrogens with one attached hydrogen (secondary N) is 1. The van der Waals surface area contributed by atoms with Gasteiger partial charge in [0.15, 0.2) is 8.38 Å². The second kappa shape index (κ2) is 11.7. The predicted molar refractivity (Wildman–Crippen MR) is 81.7 cm³/mol. The first kappa shape index (κ1) is 20.1. The van der Waals surface area contributed by atoms with Crippen molar-refractivity contribution in [2.75, 3.05) is 19.7 Å². The second-order valence-electron chi connectivity index (χ2n) is 4.75. The van der Waals surface area contributed by atoms with Crippen molar-refractivity contribution in [3.63, 3.8) is 0 Å². The maximum atomic E-state index is 11.8. The summed E-state index contributed by atoms with van der Waals surface area (Å²) in [6.45, 7) is 5.90. The molecule has 0 spiro atoms. The third kappa shape index (κ3) is 9.61. The lowest BCUT2D eigenvalue weighted by molar-refractivity contribution is -0.122. The van der Waals surface area contributed by atoms with Crippen molar-refractivity contribution in [1.82, 2.24) is 10.2 Å². The molecule has 0 aromatic heterocycles. The number of carbonyl (C=O) groups is 2. The third-order valence-electron chi connectivity index (χ3n) is 2.91. The molecule has 0 saturated carbocycles. The SMILES string of the molecule is CCCCCCOC(=O)N(CC)CC(=O)NC(C)P(O)O. The topological polar surface area (TPSA) is 99.1 Å². The van der Waals surface area contributed by atoms with Crippen LogP contribution in [0, 0.1) is 0 Å². The number of amides is 2. The number of rotatable bonds is 10. The van der Waals surface area contributed by atoms with Crippen molar-refractivity contribution in [3.05, 3.63) is 0 Å². The Labute approximate surface area is 127 Å². The van der Waals surface area contributed by atoms with Gasteiger partial charge in [0.1, 0.15) is 6.54 Å². The fourth-order valence-corrected chi connectivity index (χ4v) is 1.85. The Morgan fingerprint density at radius 1 is 1.24 bits per heavy atom. The molecule has 0 bridgehead atoms. The molecule has 2 amide bonds. The van der Waals surface area contributed by atoms with Crippen molar-refractivity contribution in [2.45, 2.75) is 52.2 Å². The fraction of sp³-hybridized carbons (Fsp3) is 0.846. The van der Waals surface area contributed by atoms with E-state index in [1.165, 1.54) is 11.8 Å².